The normalized spacial score (nSPS) is 13.8. The van der Waals surface area contributed by atoms with E-state index in [0.29, 0.717) is 46.9 Å². The number of benzene rings is 1. The van der Waals surface area contributed by atoms with Gasteiger partial charge in [0.1, 0.15) is 10.8 Å². The van der Waals surface area contributed by atoms with Crippen molar-refractivity contribution in [3.05, 3.63) is 35.0 Å². The Labute approximate surface area is 132 Å². The highest BCUT2D eigenvalue weighted by molar-refractivity contribution is 6.32. The average Bonchev–Trinajstić information content (AvgIpc) is 2.53. The molecule has 0 saturated carbocycles. The number of rotatable bonds is 1. The van der Waals surface area contributed by atoms with E-state index in [1.165, 1.54) is 6.20 Å². The molecule has 22 heavy (non-hydrogen) atoms. The zero-order chi connectivity index (χ0) is 15.5. The molecule has 0 radical (unpaired) electrons. The van der Waals surface area contributed by atoms with Crippen molar-refractivity contribution in [1.82, 2.24) is 15.3 Å². The van der Waals surface area contributed by atoms with Crippen LogP contribution in [0.3, 0.4) is 0 Å². The van der Waals surface area contributed by atoms with Crippen LogP contribution >= 0.6 is 11.6 Å². The summed E-state index contributed by atoms with van der Waals surface area (Å²) in [5, 5.41) is 9.33. The first-order chi connectivity index (χ1) is 10.7. The predicted molar refractivity (Wildman–Crippen MR) is 84.1 cm³/mol. The molecule has 0 unspecified atom stereocenters. The van der Waals surface area contributed by atoms with Gasteiger partial charge in [0.05, 0.1) is 19.0 Å². The van der Waals surface area contributed by atoms with E-state index in [9.17, 15) is 4.79 Å². The number of nitrogens with zero attached hydrogens (tertiary/aromatic N) is 2. The van der Waals surface area contributed by atoms with E-state index >= 15 is 0 Å². The Kier molecular flexibility index (Phi) is 3.97. The van der Waals surface area contributed by atoms with Crippen LogP contribution in [0.4, 0.5) is 17.5 Å². The number of halogens is 1. The minimum atomic E-state index is -0.163. The molecule has 114 valence electrons. The highest BCUT2D eigenvalue weighted by Crippen LogP contribution is 2.29. The van der Waals surface area contributed by atoms with Crippen LogP contribution in [0.25, 0.3) is 0 Å². The summed E-state index contributed by atoms with van der Waals surface area (Å²) in [6.45, 7) is 0.953. The van der Waals surface area contributed by atoms with E-state index in [2.05, 4.69) is 25.9 Å². The fraction of sp³-hybridized carbons (Fsp3) is 0.214. The van der Waals surface area contributed by atoms with Gasteiger partial charge < -0.3 is 20.7 Å². The topological polar surface area (TPSA) is 88.2 Å². The number of hydrogen-bond donors (Lipinski definition) is 3. The molecule has 0 spiro atoms. The summed E-state index contributed by atoms with van der Waals surface area (Å²) in [7, 11) is 1.55. The van der Waals surface area contributed by atoms with Gasteiger partial charge in [-0.25, -0.2) is 4.98 Å². The van der Waals surface area contributed by atoms with Gasteiger partial charge in [-0.05, 0) is 18.2 Å². The molecule has 1 aliphatic rings. The fourth-order valence-electron chi connectivity index (χ4n) is 2.08. The summed E-state index contributed by atoms with van der Waals surface area (Å²) in [4.78, 5) is 20.6. The van der Waals surface area contributed by atoms with Gasteiger partial charge in [-0.3, -0.25) is 4.79 Å². The molecule has 1 amide bonds. The summed E-state index contributed by atoms with van der Waals surface area (Å²) >= 11 is 6.05. The standard InChI is InChI=1S/C14H14ClN5O2/c1-22-11-3-2-8-6-10(11)19-14-18-7-9(15)12(20-14)16-4-5-17-13(8)21/h2-3,6-7H,4-5H2,1H3,(H,17,21)(H2,16,18,19,20). The summed E-state index contributed by atoms with van der Waals surface area (Å²) in [5.74, 6) is 1.29. The van der Waals surface area contributed by atoms with E-state index in [-0.39, 0.29) is 5.91 Å². The van der Waals surface area contributed by atoms with Crippen molar-refractivity contribution in [1.29, 1.82) is 0 Å². The number of carbonyl (C=O) groups is 1. The second-order valence-corrected chi connectivity index (χ2v) is 5.02. The van der Waals surface area contributed by atoms with Crippen molar-refractivity contribution >= 4 is 35.0 Å². The van der Waals surface area contributed by atoms with E-state index in [1.54, 1.807) is 25.3 Å². The maximum Gasteiger partial charge on any atom is 0.251 e. The van der Waals surface area contributed by atoms with Crippen LogP contribution in [0.5, 0.6) is 5.75 Å². The molecule has 4 bridgehead atoms. The van der Waals surface area contributed by atoms with Crippen molar-refractivity contribution in [2.24, 2.45) is 0 Å². The van der Waals surface area contributed by atoms with Crippen molar-refractivity contribution < 1.29 is 9.53 Å². The van der Waals surface area contributed by atoms with Crippen LogP contribution in [0.1, 0.15) is 10.4 Å². The Morgan fingerprint density at radius 3 is 2.91 bits per heavy atom. The smallest absolute Gasteiger partial charge is 0.251 e. The fourth-order valence-corrected chi connectivity index (χ4v) is 2.24. The lowest BCUT2D eigenvalue weighted by Crippen LogP contribution is -2.29. The van der Waals surface area contributed by atoms with Crippen molar-refractivity contribution in [3.8, 4) is 5.75 Å². The molecule has 3 rings (SSSR count). The molecular formula is C14H14ClN5O2. The highest BCUT2D eigenvalue weighted by Gasteiger charge is 2.13. The average molecular weight is 320 g/mol. The Morgan fingerprint density at radius 1 is 1.27 bits per heavy atom. The Bertz CT molecular complexity index is 722. The summed E-state index contributed by atoms with van der Waals surface area (Å²) in [6, 6.07) is 5.12. The van der Waals surface area contributed by atoms with Crippen LogP contribution in [0.2, 0.25) is 5.02 Å². The van der Waals surface area contributed by atoms with Gasteiger partial charge >= 0.3 is 0 Å². The lowest BCUT2D eigenvalue weighted by molar-refractivity contribution is 0.0955. The van der Waals surface area contributed by atoms with Gasteiger partial charge in [-0.2, -0.15) is 4.98 Å². The molecular weight excluding hydrogens is 306 g/mol. The van der Waals surface area contributed by atoms with Gasteiger partial charge in [0.25, 0.3) is 5.91 Å². The number of hydrogen-bond acceptors (Lipinski definition) is 6. The minimum Gasteiger partial charge on any atom is -0.495 e. The van der Waals surface area contributed by atoms with Gasteiger partial charge in [0.15, 0.2) is 5.82 Å². The number of aromatic nitrogens is 2. The van der Waals surface area contributed by atoms with Crippen molar-refractivity contribution in [3.63, 3.8) is 0 Å². The predicted octanol–water partition coefficient (Wildman–Crippen LogP) is 2.04. The molecule has 0 aliphatic carbocycles. The lowest BCUT2D eigenvalue weighted by atomic mass is 10.1. The third-order valence-electron chi connectivity index (χ3n) is 3.16. The first kappa shape index (κ1) is 14.4. The Morgan fingerprint density at radius 2 is 2.09 bits per heavy atom. The zero-order valence-electron chi connectivity index (χ0n) is 11.8. The van der Waals surface area contributed by atoms with Crippen LogP contribution < -0.4 is 20.7 Å². The van der Waals surface area contributed by atoms with E-state index in [0.717, 1.165) is 0 Å². The summed E-state index contributed by atoms with van der Waals surface area (Å²) in [6.07, 6.45) is 1.51. The number of methoxy groups -OCH3 is 1. The van der Waals surface area contributed by atoms with Crippen molar-refractivity contribution in [2.45, 2.75) is 0 Å². The van der Waals surface area contributed by atoms with Gasteiger partial charge in [-0.1, -0.05) is 11.6 Å². The quantitative estimate of drug-likeness (QED) is 0.745. The van der Waals surface area contributed by atoms with Crippen LogP contribution in [0.15, 0.2) is 24.4 Å². The maximum atomic E-state index is 12.1. The number of anilines is 3. The number of fused-ring (bicyclic) bond motifs is 4. The van der Waals surface area contributed by atoms with Gasteiger partial charge in [-0.15, -0.1) is 0 Å². The van der Waals surface area contributed by atoms with E-state index in [4.69, 9.17) is 16.3 Å². The second-order valence-electron chi connectivity index (χ2n) is 4.61. The Hall–Kier alpha value is -2.54. The number of ether oxygens (including phenoxy) is 1. The molecule has 2 aromatic rings. The molecule has 2 heterocycles. The van der Waals surface area contributed by atoms with Gasteiger partial charge in [0, 0.05) is 18.7 Å². The van der Waals surface area contributed by atoms with Gasteiger partial charge in [0.2, 0.25) is 5.95 Å². The Balaban J connectivity index is 2.06. The lowest BCUT2D eigenvalue weighted by Gasteiger charge is -2.15. The van der Waals surface area contributed by atoms with Crippen LogP contribution in [-0.2, 0) is 0 Å². The summed E-state index contributed by atoms with van der Waals surface area (Å²) < 4.78 is 5.29. The number of amides is 1. The number of nitrogens with one attached hydrogen (secondary N) is 3. The highest BCUT2D eigenvalue weighted by atomic mass is 35.5. The molecule has 7 nitrogen and oxygen atoms in total. The van der Waals surface area contributed by atoms with Crippen LogP contribution in [-0.4, -0.2) is 36.1 Å². The first-order valence-electron chi connectivity index (χ1n) is 6.67. The number of carbonyl (C=O) groups excluding carboxylic acids is 1. The molecule has 1 aliphatic heterocycles. The monoisotopic (exact) mass is 319 g/mol. The maximum absolute atomic E-state index is 12.1. The van der Waals surface area contributed by atoms with Crippen LogP contribution in [0, 0.1) is 0 Å². The molecule has 1 aromatic carbocycles. The molecule has 1 aromatic heterocycles. The molecule has 0 atom stereocenters. The zero-order valence-corrected chi connectivity index (χ0v) is 12.6. The SMILES string of the molecule is COc1ccc2cc1Nc1ncc(Cl)c(n1)NCCNC2=O. The summed E-state index contributed by atoms with van der Waals surface area (Å²) in [5.41, 5.74) is 1.13. The molecule has 0 fully saturated rings. The second kappa shape index (κ2) is 6.07. The van der Waals surface area contributed by atoms with E-state index in [1.807, 2.05) is 0 Å². The third kappa shape index (κ3) is 2.89. The first-order valence-corrected chi connectivity index (χ1v) is 7.05. The largest absolute Gasteiger partial charge is 0.495 e. The third-order valence-corrected chi connectivity index (χ3v) is 3.43. The molecule has 0 saturated heterocycles. The van der Waals surface area contributed by atoms with E-state index < -0.39 is 0 Å². The van der Waals surface area contributed by atoms with Crippen molar-refractivity contribution in [2.75, 3.05) is 30.8 Å². The molecule has 3 N–H and O–H groups in total. The minimum absolute atomic E-state index is 0.163. The molecule has 8 heteroatoms.